The van der Waals surface area contributed by atoms with Crippen LogP contribution < -0.4 is 5.32 Å². The molecule has 132 valence electrons. The second kappa shape index (κ2) is 7.13. The van der Waals surface area contributed by atoms with E-state index in [-0.39, 0.29) is 0 Å². The van der Waals surface area contributed by atoms with E-state index in [0.717, 1.165) is 18.2 Å². The zero-order valence-corrected chi connectivity index (χ0v) is 13.8. The molecule has 4 nitrogen and oxygen atoms in total. The fraction of sp³-hybridized carbons (Fsp3) is 0.333. The molecule has 25 heavy (non-hydrogen) atoms. The lowest BCUT2D eigenvalue weighted by Crippen LogP contribution is -2.17. The van der Waals surface area contributed by atoms with Crippen molar-refractivity contribution in [1.82, 2.24) is 9.55 Å². The molecule has 1 N–H and O–H groups in total. The van der Waals surface area contributed by atoms with Gasteiger partial charge in [0.25, 0.3) is 0 Å². The molecule has 0 saturated heterocycles. The number of benzene rings is 1. The number of imidazole rings is 1. The number of nitrogens with zero attached hydrogens (tertiary/aromatic N) is 3. The topological polar surface area (TPSA) is 42.2 Å². The third-order valence-electron chi connectivity index (χ3n) is 4.00. The average Bonchev–Trinajstić information content (AvgIpc) is 3.01. The number of hydrogen-bond donors (Lipinski definition) is 1. The molecule has 2 heterocycles. The van der Waals surface area contributed by atoms with E-state index in [1.54, 1.807) is 23.2 Å². The van der Waals surface area contributed by atoms with Crippen LogP contribution in [0.2, 0.25) is 0 Å². The molecule has 0 saturated carbocycles. The Bertz CT molecular complexity index is 790. The quantitative estimate of drug-likeness (QED) is 0.872. The van der Waals surface area contributed by atoms with E-state index in [1.807, 2.05) is 13.1 Å². The number of hydrogen-bond acceptors (Lipinski definition) is 3. The number of aromatic nitrogens is 2. The van der Waals surface area contributed by atoms with E-state index in [4.69, 9.17) is 0 Å². The Morgan fingerprint density at radius 3 is 2.88 bits per heavy atom. The summed E-state index contributed by atoms with van der Waals surface area (Å²) in [5, 5.41) is 3.24. The lowest BCUT2D eigenvalue weighted by Gasteiger charge is -2.14. The summed E-state index contributed by atoms with van der Waals surface area (Å²) in [4.78, 5) is 8.54. The number of allylic oxidation sites excluding steroid dienone is 2. The van der Waals surface area contributed by atoms with Gasteiger partial charge in [-0.3, -0.25) is 4.99 Å². The molecule has 2 aromatic rings. The number of aliphatic imine (C=N–C) groups is 1. The van der Waals surface area contributed by atoms with Crippen molar-refractivity contribution in [1.29, 1.82) is 0 Å². The minimum absolute atomic E-state index is 0.317. The lowest BCUT2D eigenvalue weighted by atomic mass is 10.0. The van der Waals surface area contributed by atoms with Crippen LogP contribution in [0.3, 0.4) is 0 Å². The van der Waals surface area contributed by atoms with Crippen molar-refractivity contribution in [2.24, 2.45) is 10.9 Å². The first-order valence-corrected chi connectivity index (χ1v) is 8.03. The number of anilines is 1. The van der Waals surface area contributed by atoms with E-state index in [2.05, 4.69) is 21.4 Å². The second-order valence-corrected chi connectivity index (χ2v) is 6.13. The van der Waals surface area contributed by atoms with Crippen LogP contribution in [-0.2, 0) is 12.7 Å². The SMILES string of the molecule is CC1=CCC(CNc2cn(Cc3cccc(C(F)(F)F)c3)cn2)C=N1. The maximum Gasteiger partial charge on any atom is 0.416 e. The minimum atomic E-state index is -4.33. The van der Waals surface area contributed by atoms with E-state index in [9.17, 15) is 13.2 Å². The summed E-state index contributed by atoms with van der Waals surface area (Å²) in [7, 11) is 0. The minimum Gasteiger partial charge on any atom is -0.368 e. The molecule has 3 rings (SSSR count). The zero-order chi connectivity index (χ0) is 17.9. The van der Waals surface area contributed by atoms with Crippen LogP contribution in [0.5, 0.6) is 0 Å². The van der Waals surface area contributed by atoms with Crippen LogP contribution in [0.25, 0.3) is 0 Å². The first-order chi connectivity index (χ1) is 11.9. The number of alkyl halides is 3. The average molecular weight is 348 g/mol. The Morgan fingerprint density at radius 2 is 2.16 bits per heavy atom. The molecule has 0 aliphatic carbocycles. The standard InChI is InChI=1S/C18H19F3N4/c1-13-5-6-15(8-22-13)9-23-17-11-25(12-24-17)10-14-3-2-4-16(7-14)18(19,20)21/h2-5,7-8,11-12,15,23H,6,9-10H2,1H3. The first-order valence-electron chi connectivity index (χ1n) is 8.03. The fourth-order valence-electron chi connectivity index (χ4n) is 2.62. The third kappa shape index (κ3) is 4.71. The van der Waals surface area contributed by atoms with Gasteiger partial charge in [0, 0.05) is 37.1 Å². The van der Waals surface area contributed by atoms with Gasteiger partial charge in [-0.2, -0.15) is 13.2 Å². The van der Waals surface area contributed by atoms with E-state index < -0.39 is 11.7 Å². The van der Waals surface area contributed by atoms with Crippen LogP contribution >= 0.6 is 0 Å². The summed E-state index contributed by atoms with van der Waals surface area (Å²) in [5.41, 5.74) is 0.976. The highest BCUT2D eigenvalue weighted by atomic mass is 19.4. The molecular formula is C18H19F3N4. The number of nitrogens with one attached hydrogen (secondary N) is 1. The Kier molecular flexibility index (Phi) is 4.92. The van der Waals surface area contributed by atoms with Crippen molar-refractivity contribution in [3.63, 3.8) is 0 Å². The van der Waals surface area contributed by atoms with Crippen molar-refractivity contribution < 1.29 is 13.2 Å². The summed E-state index contributed by atoms with van der Waals surface area (Å²) in [6.07, 6.45) is 4.04. The van der Waals surface area contributed by atoms with Gasteiger partial charge < -0.3 is 9.88 Å². The Labute approximate surface area is 144 Å². The van der Waals surface area contributed by atoms with Crippen LogP contribution in [0.4, 0.5) is 19.0 Å². The van der Waals surface area contributed by atoms with Crippen LogP contribution in [0, 0.1) is 5.92 Å². The van der Waals surface area contributed by atoms with Crippen molar-refractivity contribution >= 4 is 12.0 Å². The number of halogens is 3. The fourth-order valence-corrected chi connectivity index (χ4v) is 2.62. The van der Waals surface area contributed by atoms with E-state index in [0.29, 0.717) is 30.4 Å². The molecule has 0 spiro atoms. The molecule has 1 atom stereocenters. The van der Waals surface area contributed by atoms with Gasteiger partial charge in [0.2, 0.25) is 0 Å². The summed E-state index contributed by atoms with van der Waals surface area (Å²) in [6.45, 7) is 3.02. The largest absolute Gasteiger partial charge is 0.416 e. The van der Waals surface area contributed by atoms with E-state index in [1.165, 1.54) is 12.1 Å². The monoisotopic (exact) mass is 348 g/mol. The van der Waals surface area contributed by atoms with Crippen molar-refractivity contribution in [3.05, 3.63) is 59.7 Å². The van der Waals surface area contributed by atoms with Crippen LogP contribution in [0.15, 0.2) is 53.6 Å². The highest BCUT2D eigenvalue weighted by Crippen LogP contribution is 2.29. The molecule has 1 aromatic heterocycles. The predicted octanol–water partition coefficient (Wildman–Crippen LogP) is 4.36. The lowest BCUT2D eigenvalue weighted by molar-refractivity contribution is -0.137. The predicted molar refractivity (Wildman–Crippen MR) is 91.6 cm³/mol. The molecule has 1 aromatic carbocycles. The first kappa shape index (κ1) is 17.3. The molecule has 7 heteroatoms. The Balaban J connectivity index is 1.58. The molecule has 1 unspecified atom stereocenters. The summed E-state index contributed by atoms with van der Waals surface area (Å²) in [6, 6.07) is 5.34. The molecule has 1 aliphatic rings. The van der Waals surface area contributed by atoms with Gasteiger partial charge in [-0.15, -0.1) is 0 Å². The summed E-state index contributed by atoms with van der Waals surface area (Å²) in [5.74, 6) is 1.02. The van der Waals surface area contributed by atoms with Gasteiger partial charge in [0.15, 0.2) is 0 Å². The molecule has 0 bridgehead atoms. The maximum atomic E-state index is 12.8. The maximum absolute atomic E-state index is 12.8. The molecule has 1 aliphatic heterocycles. The van der Waals surface area contributed by atoms with Gasteiger partial charge >= 0.3 is 6.18 Å². The second-order valence-electron chi connectivity index (χ2n) is 6.13. The van der Waals surface area contributed by atoms with Crippen molar-refractivity contribution in [2.75, 3.05) is 11.9 Å². The highest BCUT2D eigenvalue weighted by molar-refractivity contribution is 5.64. The third-order valence-corrected chi connectivity index (χ3v) is 4.00. The zero-order valence-electron chi connectivity index (χ0n) is 13.8. The molecule has 0 amide bonds. The van der Waals surface area contributed by atoms with Gasteiger partial charge in [0.1, 0.15) is 5.82 Å². The number of rotatable bonds is 5. The Morgan fingerprint density at radius 1 is 1.32 bits per heavy atom. The molecule has 0 fully saturated rings. The Hall–Kier alpha value is -2.57. The van der Waals surface area contributed by atoms with Crippen molar-refractivity contribution in [3.8, 4) is 0 Å². The van der Waals surface area contributed by atoms with E-state index >= 15 is 0 Å². The normalized spacial score (nSPS) is 17.4. The molecule has 0 radical (unpaired) electrons. The summed E-state index contributed by atoms with van der Waals surface area (Å²) < 4.78 is 40.1. The van der Waals surface area contributed by atoms with Crippen LogP contribution in [-0.4, -0.2) is 22.3 Å². The van der Waals surface area contributed by atoms with Crippen molar-refractivity contribution in [2.45, 2.75) is 26.1 Å². The van der Waals surface area contributed by atoms with Gasteiger partial charge in [-0.1, -0.05) is 18.2 Å². The van der Waals surface area contributed by atoms with Crippen LogP contribution in [0.1, 0.15) is 24.5 Å². The molecular weight excluding hydrogens is 329 g/mol. The highest BCUT2D eigenvalue weighted by Gasteiger charge is 2.30. The smallest absolute Gasteiger partial charge is 0.368 e. The van der Waals surface area contributed by atoms with Gasteiger partial charge in [-0.05, 0) is 31.0 Å². The van der Waals surface area contributed by atoms with Gasteiger partial charge in [-0.25, -0.2) is 4.98 Å². The van der Waals surface area contributed by atoms with Gasteiger partial charge in [0.05, 0.1) is 11.9 Å². The summed E-state index contributed by atoms with van der Waals surface area (Å²) >= 11 is 0.